The fraction of sp³-hybridized carbons (Fsp3) is 0.583. The highest BCUT2D eigenvalue weighted by Gasteiger charge is 2.29. The van der Waals surface area contributed by atoms with E-state index in [0.29, 0.717) is 12.5 Å². The summed E-state index contributed by atoms with van der Waals surface area (Å²) in [7, 11) is 0. The molecule has 3 nitrogen and oxygen atoms in total. The minimum atomic E-state index is 0.139. The molecule has 4 heteroatoms. The zero-order valence-corrected chi connectivity index (χ0v) is 10.6. The standard InChI is InChI=1S/C12H18N2OS/c1-8-3-4-16-11(8)7-14-12(15)10-6-13-5-9(10)2/h3-4,9-10,13H,5-7H2,1-2H3,(H,14,15)/t9-,10-/m1/s1. The van der Waals surface area contributed by atoms with Crippen LogP contribution in [0.15, 0.2) is 11.4 Å². The second-order valence-corrected chi connectivity index (χ2v) is 5.49. The summed E-state index contributed by atoms with van der Waals surface area (Å²) in [5.41, 5.74) is 1.27. The van der Waals surface area contributed by atoms with E-state index in [1.807, 2.05) is 0 Å². The van der Waals surface area contributed by atoms with Crippen molar-refractivity contribution in [2.24, 2.45) is 11.8 Å². The molecular weight excluding hydrogens is 220 g/mol. The van der Waals surface area contributed by atoms with Crippen LogP contribution in [0.4, 0.5) is 0 Å². The van der Waals surface area contributed by atoms with Gasteiger partial charge in [-0.05, 0) is 36.4 Å². The summed E-state index contributed by atoms with van der Waals surface area (Å²) in [5, 5.41) is 8.35. The first kappa shape index (κ1) is 11.6. The Morgan fingerprint density at radius 1 is 1.62 bits per heavy atom. The number of nitrogens with one attached hydrogen (secondary N) is 2. The van der Waals surface area contributed by atoms with Gasteiger partial charge in [-0.15, -0.1) is 11.3 Å². The quantitative estimate of drug-likeness (QED) is 0.838. The summed E-state index contributed by atoms with van der Waals surface area (Å²) in [6.45, 7) is 6.65. The molecule has 0 aliphatic carbocycles. The Hall–Kier alpha value is -0.870. The molecule has 0 saturated carbocycles. The monoisotopic (exact) mass is 238 g/mol. The Bertz CT molecular complexity index is 375. The molecule has 1 amide bonds. The first-order chi connectivity index (χ1) is 7.68. The van der Waals surface area contributed by atoms with Crippen LogP contribution in [-0.4, -0.2) is 19.0 Å². The second-order valence-electron chi connectivity index (χ2n) is 4.49. The lowest BCUT2D eigenvalue weighted by atomic mass is 9.97. The Morgan fingerprint density at radius 3 is 3.00 bits per heavy atom. The zero-order valence-electron chi connectivity index (χ0n) is 9.75. The molecule has 0 aromatic carbocycles. The lowest BCUT2D eigenvalue weighted by Gasteiger charge is -2.13. The maximum absolute atomic E-state index is 11.9. The van der Waals surface area contributed by atoms with Crippen molar-refractivity contribution in [2.45, 2.75) is 20.4 Å². The molecule has 0 bridgehead atoms. The van der Waals surface area contributed by atoms with Crippen LogP contribution in [0.2, 0.25) is 0 Å². The molecular formula is C12H18N2OS. The molecule has 1 aliphatic rings. The highest BCUT2D eigenvalue weighted by Crippen LogP contribution is 2.18. The molecule has 2 rings (SSSR count). The fourth-order valence-electron chi connectivity index (χ4n) is 2.04. The third-order valence-corrected chi connectivity index (χ3v) is 4.27. The Labute approximate surface area is 100 Å². The first-order valence-corrected chi connectivity index (χ1v) is 6.58. The summed E-state index contributed by atoms with van der Waals surface area (Å²) in [6, 6.07) is 2.09. The largest absolute Gasteiger partial charge is 0.351 e. The van der Waals surface area contributed by atoms with Gasteiger partial charge in [0.2, 0.25) is 5.91 Å². The molecule has 1 aromatic rings. The normalized spacial score (nSPS) is 24.6. The van der Waals surface area contributed by atoms with Gasteiger partial charge in [-0.2, -0.15) is 0 Å². The van der Waals surface area contributed by atoms with Crippen LogP contribution < -0.4 is 10.6 Å². The molecule has 16 heavy (non-hydrogen) atoms. The molecule has 2 N–H and O–H groups in total. The van der Waals surface area contributed by atoms with E-state index in [1.54, 1.807) is 11.3 Å². The van der Waals surface area contributed by atoms with Crippen LogP contribution in [-0.2, 0) is 11.3 Å². The van der Waals surface area contributed by atoms with E-state index in [9.17, 15) is 4.79 Å². The molecule has 0 unspecified atom stereocenters. The summed E-state index contributed by atoms with van der Waals surface area (Å²) in [6.07, 6.45) is 0. The van der Waals surface area contributed by atoms with Crippen molar-refractivity contribution in [3.63, 3.8) is 0 Å². The number of thiophene rings is 1. The van der Waals surface area contributed by atoms with Crippen LogP contribution in [0.25, 0.3) is 0 Å². The number of hydrogen-bond acceptors (Lipinski definition) is 3. The second kappa shape index (κ2) is 4.97. The minimum absolute atomic E-state index is 0.139. The average Bonchev–Trinajstić information content (AvgIpc) is 2.84. The Balaban J connectivity index is 1.86. The van der Waals surface area contributed by atoms with Crippen molar-refractivity contribution in [1.29, 1.82) is 0 Å². The maximum Gasteiger partial charge on any atom is 0.225 e. The summed E-state index contributed by atoms with van der Waals surface area (Å²) >= 11 is 1.70. The van der Waals surface area contributed by atoms with Gasteiger partial charge in [0.1, 0.15) is 0 Å². The van der Waals surface area contributed by atoms with Crippen LogP contribution in [0, 0.1) is 18.8 Å². The zero-order chi connectivity index (χ0) is 11.5. The SMILES string of the molecule is Cc1ccsc1CNC(=O)[C@@H]1CNC[C@H]1C. The molecule has 2 atom stereocenters. The number of carbonyl (C=O) groups excluding carboxylic acids is 1. The van der Waals surface area contributed by atoms with Gasteiger partial charge in [-0.3, -0.25) is 4.79 Å². The number of aryl methyl sites for hydroxylation is 1. The molecule has 1 aliphatic heterocycles. The molecule has 0 spiro atoms. The number of amides is 1. The highest BCUT2D eigenvalue weighted by atomic mass is 32.1. The molecule has 2 heterocycles. The van der Waals surface area contributed by atoms with Crippen molar-refractivity contribution >= 4 is 17.2 Å². The number of hydrogen-bond donors (Lipinski definition) is 2. The van der Waals surface area contributed by atoms with Gasteiger partial charge in [-0.1, -0.05) is 6.92 Å². The van der Waals surface area contributed by atoms with Gasteiger partial charge in [0.15, 0.2) is 0 Å². The highest BCUT2D eigenvalue weighted by molar-refractivity contribution is 7.10. The first-order valence-electron chi connectivity index (χ1n) is 5.70. The van der Waals surface area contributed by atoms with Crippen molar-refractivity contribution in [2.75, 3.05) is 13.1 Å². The summed E-state index contributed by atoms with van der Waals surface area (Å²) in [4.78, 5) is 13.2. The van der Waals surface area contributed by atoms with Crippen molar-refractivity contribution in [3.05, 3.63) is 21.9 Å². The topological polar surface area (TPSA) is 41.1 Å². The van der Waals surface area contributed by atoms with Gasteiger partial charge in [0, 0.05) is 11.4 Å². The predicted molar refractivity (Wildman–Crippen MR) is 66.4 cm³/mol. The van der Waals surface area contributed by atoms with Crippen molar-refractivity contribution < 1.29 is 4.79 Å². The van der Waals surface area contributed by atoms with Crippen LogP contribution >= 0.6 is 11.3 Å². The maximum atomic E-state index is 11.9. The van der Waals surface area contributed by atoms with Crippen molar-refractivity contribution in [1.82, 2.24) is 10.6 Å². The van der Waals surface area contributed by atoms with Gasteiger partial charge >= 0.3 is 0 Å². The molecule has 1 aromatic heterocycles. The van der Waals surface area contributed by atoms with E-state index in [0.717, 1.165) is 13.1 Å². The lowest BCUT2D eigenvalue weighted by Crippen LogP contribution is -2.33. The minimum Gasteiger partial charge on any atom is -0.351 e. The smallest absolute Gasteiger partial charge is 0.225 e. The van der Waals surface area contributed by atoms with Gasteiger partial charge in [0.25, 0.3) is 0 Å². The van der Waals surface area contributed by atoms with E-state index in [1.165, 1.54) is 10.4 Å². The Kier molecular flexibility index (Phi) is 3.61. The third-order valence-electron chi connectivity index (χ3n) is 3.25. The molecule has 1 fully saturated rings. The van der Waals surface area contributed by atoms with E-state index < -0.39 is 0 Å². The van der Waals surface area contributed by atoms with E-state index >= 15 is 0 Å². The van der Waals surface area contributed by atoms with Gasteiger partial charge < -0.3 is 10.6 Å². The molecule has 1 saturated heterocycles. The van der Waals surface area contributed by atoms with Crippen molar-refractivity contribution in [3.8, 4) is 0 Å². The number of carbonyl (C=O) groups is 1. The average molecular weight is 238 g/mol. The fourth-order valence-corrected chi connectivity index (χ4v) is 2.89. The van der Waals surface area contributed by atoms with E-state index in [-0.39, 0.29) is 11.8 Å². The molecule has 0 radical (unpaired) electrons. The predicted octanol–water partition coefficient (Wildman–Crippen LogP) is 1.53. The number of rotatable bonds is 3. The van der Waals surface area contributed by atoms with E-state index in [2.05, 4.69) is 35.9 Å². The Morgan fingerprint density at radius 2 is 2.44 bits per heavy atom. The summed E-state index contributed by atoms with van der Waals surface area (Å²) < 4.78 is 0. The summed E-state index contributed by atoms with van der Waals surface area (Å²) in [5.74, 6) is 0.773. The van der Waals surface area contributed by atoms with E-state index in [4.69, 9.17) is 0 Å². The lowest BCUT2D eigenvalue weighted by molar-refractivity contribution is -0.125. The van der Waals surface area contributed by atoms with Gasteiger partial charge in [0.05, 0.1) is 12.5 Å². The third kappa shape index (κ3) is 2.44. The van der Waals surface area contributed by atoms with Crippen LogP contribution in [0.5, 0.6) is 0 Å². The van der Waals surface area contributed by atoms with Crippen LogP contribution in [0.3, 0.4) is 0 Å². The van der Waals surface area contributed by atoms with Gasteiger partial charge in [-0.25, -0.2) is 0 Å². The van der Waals surface area contributed by atoms with Crippen LogP contribution in [0.1, 0.15) is 17.4 Å². The molecule has 88 valence electrons.